The average molecular weight is 331 g/mol. The number of hydrogen-bond acceptors (Lipinski definition) is 6. The van der Waals surface area contributed by atoms with Gasteiger partial charge in [0.15, 0.2) is 0 Å². The molecule has 3 N–H and O–H groups in total. The molecule has 0 saturated heterocycles. The number of benzene rings is 2. The minimum Gasteiger partial charge on any atom is -0.491 e. The molecule has 0 heterocycles. The maximum Gasteiger partial charge on any atom is 0.292 e. The molecule has 7 heteroatoms. The highest BCUT2D eigenvalue weighted by molar-refractivity contribution is 5.60. The van der Waals surface area contributed by atoms with Crippen LogP contribution in [0, 0.1) is 10.1 Å². The van der Waals surface area contributed by atoms with Crippen LogP contribution in [-0.2, 0) is 0 Å². The van der Waals surface area contributed by atoms with Crippen molar-refractivity contribution in [2.75, 3.05) is 31.6 Å². The summed E-state index contributed by atoms with van der Waals surface area (Å²) in [5.41, 5.74) is 0.533. The lowest BCUT2D eigenvalue weighted by atomic mass is 10.2. The van der Waals surface area contributed by atoms with Crippen molar-refractivity contribution in [1.82, 2.24) is 5.32 Å². The van der Waals surface area contributed by atoms with Gasteiger partial charge in [0.2, 0.25) is 0 Å². The van der Waals surface area contributed by atoms with E-state index in [2.05, 4.69) is 10.6 Å². The van der Waals surface area contributed by atoms with E-state index < -0.39 is 11.0 Å². The molecule has 2 aromatic rings. The number of para-hydroxylation sites is 3. The smallest absolute Gasteiger partial charge is 0.292 e. The second-order valence-corrected chi connectivity index (χ2v) is 5.18. The number of nitro groups is 1. The zero-order valence-electron chi connectivity index (χ0n) is 13.2. The molecule has 0 amide bonds. The summed E-state index contributed by atoms with van der Waals surface area (Å²) in [6, 6.07) is 15.8. The third-order valence-corrected chi connectivity index (χ3v) is 3.28. The lowest BCUT2D eigenvalue weighted by Crippen LogP contribution is -2.34. The van der Waals surface area contributed by atoms with E-state index in [4.69, 9.17) is 4.74 Å². The van der Waals surface area contributed by atoms with Crippen LogP contribution in [0.3, 0.4) is 0 Å². The molecule has 1 unspecified atom stereocenters. The molecular weight excluding hydrogens is 310 g/mol. The number of aliphatic hydroxyl groups excluding tert-OH is 1. The van der Waals surface area contributed by atoms with Crippen molar-refractivity contribution < 1.29 is 14.8 Å². The van der Waals surface area contributed by atoms with Gasteiger partial charge in [-0.15, -0.1) is 0 Å². The van der Waals surface area contributed by atoms with Gasteiger partial charge in [0, 0.05) is 25.7 Å². The van der Waals surface area contributed by atoms with Crippen LogP contribution < -0.4 is 15.4 Å². The summed E-state index contributed by atoms with van der Waals surface area (Å²) in [7, 11) is 0. The van der Waals surface area contributed by atoms with Gasteiger partial charge in [0.05, 0.1) is 4.92 Å². The molecule has 0 bridgehead atoms. The van der Waals surface area contributed by atoms with Crippen LogP contribution in [0.4, 0.5) is 11.4 Å². The lowest BCUT2D eigenvalue weighted by Gasteiger charge is -2.13. The van der Waals surface area contributed by atoms with E-state index in [1.54, 1.807) is 18.2 Å². The van der Waals surface area contributed by atoms with Crippen LogP contribution in [0.5, 0.6) is 5.75 Å². The van der Waals surface area contributed by atoms with Crippen molar-refractivity contribution in [1.29, 1.82) is 0 Å². The SMILES string of the molecule is O=[N+]([O-])c1ccccc1NCCNCC(O)COc1ccccc1. The standard InChI is InChI=1S/C17H21N3O4/c21-14(13-24-15-6-2-1-3-7-15)12-18-10-11-19-16-8-4-5-9-17(16)20(22)23/h1-9,14,18-19,21H,10-13H2. The molecule has 0 aromatic heterocycles. The Bertz CT molecular complexity index is 637. The predicted octanol–water partition coefficient (Wildman–Crippen LogP) is 2.04. The van der Waals surface area contributed by atoms with Crippen LogP contribution in [0.25, 0.3) is 0 Å². The van der Waals surface area contributed by atoms with Gasteiger partial charge in [-0.1, -0.05) is 30.3 Å². The van der Waals surface area contributed by atoms with E-state index in [0.29, 0.717) is 25.3 Å². The molecule has 2 rings (SSSR count). The first-order valence-electron chi connectivity index (χ1n) is 7.70. The first-order valence-corrected chi connectivity index (χ1v) is 7.70. The highest BCUT2D eigenvalue weighted by Crippen LogP contribution is 2.22. The molecule has 2 aromatic carbocycles. The Labute approximate surface area is 140 Å². The number of nitro benzene ring substituents is 1. The highest BCUT2D eigenvalue weighted by Gasteiger charge is 2.11. The summed E-state index contributed by atoms with van der Waals surface area (Å²) in [5, 5.41) is 26.8. The molecular formula is C17H21N3O4. The largest absolute Gasteiger partial charge is 0.491 e. The summed E-state index contributed by atoms with van der Waals surface area (Å²) in [6.07, 6.45) is -0.628. The van der Waals surface area contributed by atoms with Gasteiger partial charge in [-0.05, 0) is 18.2 Å². The second kappa shape index (κ2) is 9.49. The third-order valence-electron chi connectivity index (χ3n) is 3.28. The Morgan fingerprint density at radius 2 is 1.79 bits per heavy atom. The van der Waals surface area contributed by atoms with Crippen LogP contribution in [0.2, 0.25) is 0 Å². The number of nitrogens with one attached hydrogen (secondary N) is 2. The number of hydrogen-bond donors (Lipinski definition) is 3. The number of nitrogens with zero attached hydrogens (tertiary/aromatic N) is 1. The van der Waals surface area contributed by atoms with Gasteiger partial charge in [-0.3, -0.25) is 10.1 Å². The van der Waals surface area contributed by atoms with Crippen LogP contribution in [-0.4, -0.2) is 42.4 Å². The van der Waals surface area contributed by atoms with Gasteiger partial charge in [0.25, 0.3) is 5.69 Å². The summed E-state index contributed by atoms with van der Waals surface area (Å²) >= 11 is 0. The number of aliphatic hydroxyl groups is 1. The van der Waals surface area contributed by atoms with Crippen LogP contribution in [0.15, 0.2) is 54.6 Å². The molecule has 1 atom stereocenters. The van der Waals surface area contributed by atoms with E-state index in [1.165, 1.54) is 6.07 Å². The molecule has 0 aliphatic heterocycles. The zero-order chi connectivity index (χ0) is 17.2. The van der Waals surface area contributed by atoms with E-state index in [-0.39, 0.29) is 12.3 Å². The first-order chi connectivity index (χ1) is 11.7. The maximum absolute atomic E-state index is 10.9. The summed E-state index contributed by atoms with van der Waals surface area (Å²) in [5.74, 6) is 0.717. The molecule has 24 heavy (non-hydrogen) atoms. The predicted molar refractivity (Wildman–Crippen MR) is 92.4 cm³/mol. The van der Waals surface area contributed by atoms with Crippen LogP contribution in [0.1, 0.15) is 0 Å². The molecule has 0 spiro atoms. The van der Waals surface area contributed by atoms with Gasteiger partial charge >= 0.3 is 0 Å². The Morgan fingerprint density at radius 3 is 2.54 bits per heavy atom. The number of rotatable bonds is 10. The molecule has 7 nitrogen and oxygen atoms in total. The summed E-state index contributed by atoms with van der Waals surface area (Å²) in [4.78, 5) is 10.5. The molecule has 0 saturated carbocycles. The van der Waals surface area contributed by atoms with Crippen molar-refractivity contribution in [2.45, 2.75) is 6.10 Å². The van der Waals surface area contributed by atoms with E-state index in [9.17, 15) is 15.2 Å². The van der Waals surface area contributed by atoms with Crippen molar-refractivity contribution in [3.63, 3.8) is 0 Å². The minimum atomic E-state index is -0.628. The monoisotopic (exact) mass is 331 g/mol. The Kier molecular flexibility index (Phi) is 7.00. The Balaban J connectivity index is 1.62. The van der Waals surface area contributed by atoms with Crippen molar-refractivity contribution in [3.05, 3.63) is 64.7 Å². The first kappa shape index (κ1) is 17.7. The molecule has 128 valence electrons. The highest BCUT2D eigenvalue weighted by atomic mass is 16.6. The van der Waals surface area contributed by atoms with E-state index >= 15 is 0 Å². The van der Waals surface area contributed by atoms with E-state index in [0.717, 1.165) is 5.75 Å². The molecule has 0 aliphatic rings. The fourth-order valence-corrected chi connectivity index (χ4v) is 2.10. The van der Waals surface area contributed by atoms with Crippen LogP contribution >= 0.6 is 0 Å². The summed E-state index contributed by atoms with van der Waals surface area (Å²) < 4.78 is 5.46. The van der Waals surface area contributed by atoms with Gasteiger partial charge < -0.3 is 20.5 Å². The van der Waals surface area contributed by atoms with Gasteiger partial charge in [-0.25, -0.2) is 0 Å². The quantitative estimate of drug-likeness (QED) is 0.350. The molecule has 0 radical (unpaired) electrons. The van der Waals surface area contributed by atoms with Gasteiger partial charge in [-0.2, -0.15) is 0 Å². The normalized spacial score (nSPS) is 11.7. The second-order valence-electron chi connectivity index (χ2n) is 5.18. The zero-order valence-corrected chi connectivity index (χ0v) is 13.2. The topological polar surface area (TPSA) is 96.7 Å². The Morgan fingerprint density at radius 1 is 1.08 bits per heavy atom. The lowest BCUT2D eigenvalue weighted by molar-refractivity contribution is -0.384. The average Bonchev–Trinajstić information content (AvgIpc) is 2.61. The fraction of sp³-hybridized carbons (Fsp3) is 0.294. The van der Waals surface area contributed by atoms with Gasteiger partial charge in [0.1, 0.15) is 24.1 Å². The molecule has 0 fully saturated rings. The molecule has 0 aliphatic carbocycles. The van der Waals surface area contributed by atoms with Crippen molar-refractivity contribution >= 4 is 11.4 Å². The third kappa shape index (κ3) is 5.86. The van der Waals surface area contributed by atoms with E-state index in [1.807, 2.05) is 30.3 Å². The fourth-order valence-electron chi connectivity index (χ4n) is 2.10. The minimum absolute atomic E-state index is 0.0498. The number of anilines is 1. The maximum atomic E-state index is 10.9. The summed E-state index contributed by atoms with van der Waals surface area (Å²) in [6.45, 7) is 1.66. The Hall–Kier alpha value is -2.64. The van der Waals surface area contributed by atoms with Crippen molar-refractivity contribution in [3.8, 4) is 5.75 Å². The van der Waals surface area contributed by atoms with Crippen molar-refractivity contribution in [2.24, 2.45) is 0 Å². The number of ether oxygens (including phenoxy) is 1.